The third kappa shape index (κ3) is 2.95. The second-order valence-corrected chi connectivity index (χ2v) is 9.78. The van der Waals surface area contributed by atoms with E-state index < -0.39 is 8.07 Å². The minimum absolute atomic E-state index is 0.107. The van der Waals surface area contributed by atoms with Gasteiger partial charge in [-0.2, -0.15) is 0 Å². The Hall–Kier alpha value is -1.09. The topological polar surface area (TPSA) is 26.3 Å². The van der Waals surface area contributed by atoms with Crippen LogP contribution in [0.3, 0.4) is 0 Å². The number of hydrogen-bond acceptors (Lipinski definition) is 2. The number of carbonyl (C=O) groups excluding carboxylic acids is 1. The van der Waals surface area contributed by atoms with E-state index >= 15 is 0 Å². The lowest BCUT2D eigenvalue weighted by atomic mass is 10.3. The Labute approximate surface area is 98.6 Å². The maximum Gasteiger partial charge on any atom is 0.305 e. The molecule has 0 aromatic heterocycles. The zero-order valence-electron chi connectivity index (χ0n) is 10.5. The van der Waals surface area contributed by atoms with Gasteiger partial charge < -0.3 is 4.74 Å². The van der Waals surface area contributed by atoms with Crippen molar-refractivity contribution in [2.24, 2.45) is 0 Å². The van der Waals surface area contributed by atoms with Crippen molar-refractivity contribution in [3.63, 3.8) is 0 Å². The van der Waals surface area contributed by atoms with E-state index in [0.29, 0.717) is 12.0 Å². The molecule has 0 aliphatic heterocycles. The molecule has 1 rings (SSSR count). The predicted octanol–water partition coefficient (Wildman–Crippen LogP) is 2.56. The van der Waals surface area contributed by atoms with Gasteiger partial charge in [0, 0.05) is 6.42 Å². The van der Waals surface area contributed by atoms with E-state index in [0.717, 1.165) is 0 Å². The molecule has 3 heteroatoms. The van der Waals surface area contributed by atoms with E-state index in [9.17, 15) is 4.79 Å². The van der Waals surface area contributed by atoms with E-state index in [-0.39, 0.29) is 5.97 Å². The van der Waals surface area contributed by atoms with E-state index in [1.165, 1.54) is 12.3 Å². The normalized spacial score (nSPS) is 13.2. The molecule has 88 valence electrons. The highest BCUT2D eigenvalue weighted by Crippen LogP contribution is 2.25. The number of esters is 1. The van der Waals surface area contributed by atoms with E-state index in [1.807, 2.05) is 6.07 Å². The van der Waals surface area contributed by atoms with Crippen LogP contribution in [-0.2, 0) is 9.53 Å². The van der Waals surface area contributed by atoms with Crippen molar-refractivity contribution < 1.29 is 9.53 Å². The summed E-state index contributed by atoms with van der Waals surface area (Å²) in [6.07, 6.45) is 0.518. The first-order valence-electron chi connectivity index (χ1n) is 5.61. The van der Waals surface area contributed by atoms with Crippen LogP contribution in [0.1, 0.15) is 13.3 Å². The van der Waals surface area contributed by atoms with E-state index in [1.54, 1.807) is 0 Å². The van der Waals surface area contributed by atoms with Gasteiger partial charge in [0.15, 0.2) is 0 Å². The second kappa shape index (κ2) is 5.30. The fourth-order valence-corrected chi connectivity index (χ4v) is 4.04. The fraction of sp³-hybridized carbons (Fsp3) is 0.462. The van der Waals surface area contributed by atoms with Crippen molar-refractivity contribution in [1.29, 1.82) is 0 Å². The largest absolute Gasteiger partial charge is 0.469 e. The number of rotatable bonds is 4. The van der Waals surface area contributed by atoms with Crippen molar-refractivity contribution in [2.75, 3.05) is 7.11 Å². The molecule has 0 spiro atoms. The molecule has 0 saturated heterocycles. The van der Waals surface area contributed by atoms with Gasteiger partial charge in [-0.3, -0.25) is 4.79 Å². The molecule has 0 saturated carbocycles. The van der Waals surface area contributed by atoms with Crippen LogP contribution in [0.5, 0.6) is 0 Å². The zero-order valence-corrected chi connectivity index (χ0v) is 11.5. The molecular formula is C13H20O2Si. The summed E-state index contributed by atoms with van der Waals surface area (Å²) in [4.78, 5) is 11.3. The van der Waals surface area contributed by atoms with Crippen LogP contribution < -0.4 is 5.19 Å². The third-order valence-electron chi connectivity index (χ3n) is 3.45. The van der Waals surface area contributed by atoms with Gasteiger partial charge in [0.05, 0.1) is 15.2 Å². The van der Waals surface area contributed by atoms with Crippen molar-refractivity contribution >= 4 is 19.2 Å². The Bertz CT molecular complexity index is 346. The van der Waals surface area contributed by atoms with Crippen LogP contribution in [0.4, 0.5) is 0 Å². The summed E-state index contributed by atoms with van der Waals surface area (Å²) in [5.74, 6) is -0.107. The molecule has 0 radical (unpaired) electrons. The van der Waals surface area contributed by atoms with E-state index in [2.05, 4.69) is 44.3 Å². The summed E-state index contributed by atoms with van der Waals surface area (Å²) in [6, 6.07) is 10.5. The number of benzene rings is 1. The Kier molecular flexibility index (Phi) is 4.30. The van der Waals surface area contributed by atoms with Gasteiger partial charge in [-0.1, -0.05) is 55.5 Å². The highest BCUT2D eigenvalue weighted by atomic mass is 28.3. The number of ether oxygens (including phenoxy) is 1. The monoisotopic (exact) mass is 236 g/mol. The van der Waals surface area contributed by atoms with Gasteiger partial charge >= 0.3 is 5.97 Å². The second-order valence-electron chi connectivity index (χ2n) is 4.77. The molecular weight excluding hydrogens is 216 g/mol. The molecule has 0 heterocycles. The third-order valence-corrected chi connectivity index (χ3v) is 7.94. The van der Waals surface area contributed by atoms with Crippen LogP contribution >= 0.6 is 0 Å². The summed E-state index contributed by atoms with van der Waals surface area (Å²) < 4.78 is 4.74. The molecule has 0 fully saturated rings. The predicted molar refractivity (Wildman–Crippen MR) is 69.6 cm³/mol. The smallest absolute Gasteiger partial charge is 0.305 e. The number of methoxy groups -OCH3 is 1. The fourth-order valence-electron chi connectivity index (χ4n) is 1.74. The average Bonchev–Trinajstić information content (AvgIpc) is 2.29. The van der Waals surface area contributed by atoms with Crippen LogP contribution in [0, 0.1) is 0 Å². The summed E-state index contributed by atoms with van der Waals surface area (Å²) in [7, 11) is -0.112. The maximum absolute atomic E-state index is 11.3. The first-order valence-corrected chi connectivity index (χ1v) is 8.68. The van der Waals surface area contributed by atoms with Crippen LogP contribution in [0.2, 0.25) is 18.6 Å². The van der Waals surface area contributed by atoms with Gasteiger partial charge in [-0.15, -0.1) is 0 Å². The maximum atomic E-state index is 11.3. The molecule has 1 aromatic carbocycles. The van der Waals surface area contributed by atoms with Crippen molar-refractivity contribution in [3.8, 4) is 0 Å². The summed E-state index contributed by atoms with van der Waals surface area (Å²) in [5.41, 5.74) is 0.391. The van der Waals surface area contributed by atoms with Crippen LogP contribution in [-0.4, -0.2) is 21.2 Å². The quantitative estimate of drug-likeness (QED) is 0.593. The highest BCUT2D eigenvalue weighted by Gasteiger charge is 2.31. The van der Waals surface area contributed by atoms with E-state index in [4.69, 9.17) is 4.74 Å². The number of hydrogen-bond donors (Lipinski definition) is 0. The number of carbonyl (C=O) groups is 1. The zero-order chi connectivity index (χ0) is 12.2. The van der Waals surface area contributed by atoms with Gasteiger partial charge in [0.1, 0.15) is 0 Å². The Morgan fingerprint density at radius 3 is 2.38 bits per heavy atom. The molecule has 0 amide bonds. The average molecular weight is 236 g/mol. The van der Waals surface area contributed by atoms with Crippen molar-refractivity contribution in [1.82, 2.24) is 0 Å². The lowest BCUT2D eigenvalue weighted by Crippen LogP contribution is -2.45. The summed E-state index contributed by atoms with van der Waals surface area (Å²) in [6.45, 7) is 6.75. The van der Waals surface area contributed by atoms with Gasteiger partial charge in [-0.05, 0) is 5.54 Å². The first-order chi connectivity index (χ1) is 7.48. The molecule has 2 nitrogen and oxygen atoms in total. The SMILES string of the molecule is COC(=O)C[C@@H](C)[Si](C)(C)c1ccccc1. The molecule has 1 aromatic rings. The van der Waals surface area contributed by atoms with Crippen molar-refractivity contribution in [3.05, 3.63) is 30.3 Å². The van der Waals surface area contributed by atoms with Gasteiger partial charge in [0.2, 0.25) is 0 Å². The van der Waals surface area contributed by atoms with Gasteiger partial charge in [-0.25, -0.2) is 0 Å². The Balaban J connectivity index is 2.81. The minimum Gasteiger partial charge on any atom is -0.469 e. The molecule has 1 atom stereocenters. The van der Waals surface area contributed by atoms with Gasteiger partial charge in [0.25, 0.3) is 0 Å². The minimum atomic E-state index is -1.56. The summed E-state index contributed by atoms with van der Waals surface area (Å²) >= 11 is 0. The van der Waals surface area contributed by atoms with Crippen molar-refractivity contribution in [2.45, 2.75) is 32.0 Å². The molecule has 0 bridgehead atoms. The lowest BCUT2D eigenvalue weighted by molar-refractivity contribution is -0.140. The van der Waals surface area contributed by atoms with Crippen LogP contribution in [0.15, 0.2) is 30.3 Å². The molecule has 0 aliphatic rings. The molecule has 0 N–H and O–H groups in total. The Morgan fingerprint density at radius 1 is 1.31 bits per heavy atom. The molecule has 16 heavy (non-hydrogen) atoms. The highest BCUT2D eigenvalue weighted by molar-refractivity contribution is 6.91. The lowest BCUT2D eigenvalue weighted by Gasteiger charge is -2.29. The molecule has 0 aliphatic carbocycles. The first kappa shape index (κ1) is 13.0. The Morgan fingerprint density at radius 2 is 1.88 bits per heavy atom. The van der Waals surface area contributed by atoms with Crippen LogP contribution in [0.25, 0.3) is 0 Å². The standard InChI is InChI=1S/C13H20O2Si/c1-11(10-13(14)15-2)16(3,4)12-8-6-5-7-9-12/h5-9,11H,10H2,1-4H3/t11-/m1/s1. The summed E-state index contributed by atoms with van der Waals surface area (Å²) in [5, 5.41) is 1.39. The molecule has 0 unspecified atom stereocenters.